The molecule has 0 amide bonds. The number of nitrogens with zero attached hydrogens (tertiary/aromatic N) is 1. The zero-order valence-corrected chi connectivity index (χ0v) is 21.4. The quantitative estimate of drug-likeness (QED) is 0.158. The lowest BCUT2D eigenvalue weighted by Gasteiger charge is -2.12. The first-order valence-electron chi connectivity index (χ1n) is 12.8. The second kappa shape index (κ2) is 12.8. The van der Waals surface area contributed by atoms with Gasteiger partial charge in [0.05, 0.1) is 13.2 Å². The summed E-state index contributed by atoms with van der Waals surface area (Å²) in [5.41, 5.74) is 4.27. The molecule has 3 aromatic carbocycles. The van der Waals surface area contributed by atoms with Crippen LogP contribution < -0.4 is 4.74 Å². The van der Waals surface area contributed by atoms with E-state index in [4.69, 9.17) is 14.2 Å². The predicted octanol–water partition coefficient (Wildman–Crippen LogP) is 6.80. The van der Waals surface area contributed by atoms with Gasteiger partial charge in [-0.15, -0.1) is 0 Å². The molecule has 0 bridgehead atoms. The van der Waals surface area contributed by atoms with E-state index >= 15 is 0 Å². The van der Waals surface area contributed by atoms with E-state index in [2.05, 4.69) is 0 Å². The normalized spacial score (nSPS) is 10.9. The molecule has 0 aliphatic heterocycles. The molecule has 4 rings (SSSR count). The Bertz CT molecular complexity index is 1330. The fourth-order valence-electron chi connectivity index (χ4n) is 4.48. The first kappa shape index (κ1) is 26.0. The zero-order valence-electron chi connectivity index (χ0n) is 21.4. The minimum absolute atomic E-state index is 0.198. The summed E-state index contributed by atoms with van der Waals surface area (Å²) < 4.78 is 18.7. The van der Waals surface area contributed by atoms with Crippen molar-refractivity contribution in [3.8, 4) is 16.9 Å². The smallest absolute Gasteiger partial charge is 0.355 e. The lowest BCUT2D eigenvalue weighted by Crippen LogP contribution is -2.14. The van der Waals surface area contributed by atoms with Crippen LogP contribution >= 0.6 is 0 Å². The molecule has 0 aliphatic carbocycles. The van der Waals surface area contributed by atoms with Crippen LogP contribution in [-0.4, -0.2) is 29.7 Å². The number of esters is 2. The minimum Gasteiger partial charge on any atom is -0.489 e. The van der Waals surface area contributed by atoms with Crippen LogP contribution in [-0.2, 0) is 27.4 Å². The monoisotopic (exact) mass is 499 g/mol. The van der Waals surface area contributed by atoms with E-state index in [-0.39, 0.29) is 18.5 Å². The van der Waals surface area contributed by atoms with Crippen molar-refractivity contribution in [2.45, 2.75) is 46.3 Å². The van der Waals surface area contributed by atoms with Crippen LogP contribution in [0.3, 0.4) is 0 Å². The number of aryl methyl sites for hydroxylation is 1. The van der Waals surface area contributed by atoms with Crippen molar-refractivity contribution >= 4 is 22.8 Å². The molecule has 0 unspecified atom stereocenters. The third-order valence-electron chi connectivity index (χ3n) is 6.13. The maximum atomic E-state index is 13.3. The lowest BCUT2D eigenvalue weighted by atomic mass is 10.0. The molecule has 0 saturated carbocycles. The predicted molar refractivity (Wildman–Crippen MR) is 145 cm³/mol. The maximum absolute atomic E-state index is 13.3. The summed E-state index contributed by atoms with van der Waals surface area (Å²) in [6.45, 7) is 5.29. The highest BCUT2D eigenvalue weighted by Crippen LogP contribution is 2.38. The van der Waals surface area contributed by atoms with Gasteiger partial charge in [-0.3, -0.25) is 4.79 Å². The van der Waals surface area contributed by atoms with Crippen LogP contribution in [0, 0.1) is 0 Å². The van der Waals surface area contributed by atoms with Crippen molar-refractivity contribution in [1.82, 2.24) is 4.57 Å². The van der Waals surface area contributed by atoms with Crippen LogP contribution in [0.1, 0.15) is 49.2 Å². The maximum Gasteiger partial charge on any atom is 0.355 e. The Hall–Kier alpha value is -4.06. The molecule has 1 aromatic heterocycles. The van der Waals surface area contributed by atoms with Gasteiger partial charge in [0, 0.05) is 29.4 Å². The summed E-state index contributed by atoms with van der Waals surface area (Å²) in [5.74, 6) is 0.161. The molecular formula is C31H33NO5. The van der Waals surface area contributed by atoms with E-state index in [0.717, 1.165) is 39.8 Å². The van der Waals surface area contributed by atoms with E-state index in [9.17, 15) is 9.59 Å². The zero-order chi connectivity index (χ0) is 26.0. The van der Waals surface area contributed by atoms with E-state index in [1.807, 2.05) is 90.4 Å². The summed E-state index contributed by atoms with van der Waals surface area (Å²) in [6, 6.07) is 25.8. The summed E-state index contributed by atoms with van der Waals surface area (Å²) in [4.78, 5) is 25.1. The molecule has 37 heavy (non-hydrogen) atoms. The Morgan fingerprint density at radius 1 is 0.811 bits per heavy atom. The number of benzene rings is 3. The highest BCUT2D eigenvalue weighted by molar-refractivity contribution is 6.09. The molecule has 0 radical (unpaired) electrons. The second-order valence-electron chi connectivity index (χ2n) is 8.68. The number of unbranched alkanes of at least 4 members (excludes halogenated alkanes) is 1. The van der Waals surface area contributed by atoms with E-state index < -0.39 is 0 Å². The molecule has 0 N–H and O–H groups in total. The molecule has 0 spiro atoms. The van der Waals surface area contributed by atoms with E-state index in [1.165, 1.54) is 0 Å². The van der Waals surface area contributed by atoms with Gasteiger partial charge in [0.1, 0.15) is 18.1 Å². The fourth-order valence-corrected chi connectivity index (χ4v) is 4.48. The van der Waals surface area contributed by atoms with Gasteiger partial charge in [-0.25, -0.2) is 4.79 Å². The first-order chi connectivity index (χ1) is 18.1. The summed E-state index contributed by atoms with van der Waals surface area (Å²) in [7, 11) is 0. The van der Waals surface area contributed by atoms with Crippen LogP contribution in [0.25, 0.3) is 22.0 Å². The number of aromatic nitrogens is 1. The number of hydrogen-bond donors (Lipinski definition) is 0. The number of carbonyl (C=O) groups is 2. The van der Waals surface area contributed by atoms with Crippen LogP contribution in [0.4, 0.5) is 0 Å². The molecule has 0 fully saturated rings. The average molecular weight is 500 g/mol. The number of carbonyl (C=O) groups excluding carboxylic acids is 2. The van der Waals surface area contributed by atoms with Gasteiger partial charge < -0.3 is 18.8 Å². The van der Waals surface area contributed by atoms with Crippen molar-refractivity contribution in [3.63, 3.8) is 0 Å². The molecule has 192 valence electrons. The third kappa shape index (κ3) is 6.39. The van der Waals surface area contributed by atoms with E-state index in [0.29, 0.717) is 38.3 Å². The van der Waals surface area contributed by atoms with Gasteiger partial charge in [0.2, 0.25) is 0 Å². The van der Waals surface area contributed by atoms with Crippen molar-refractivity contribution in [1.29, 1.82) is 0 Å². The van der Waals surface area contributed by atoms with Gasteiger partial charge in [-0.05, 0) is 56.0 Å². The average Bonchev–Trinajstić information content (AvgIpc) is 3.25. The van der Waals surface area contributed by atoms with Gasteiger partial charge in [-0.1, -0.05) is 60.7 Å². The molecule has 4 aromatic rings. The van der Waals surface area contributed by atoms with Crippen molar-refractivity contribution in [2.75, 3.05) is 13.2 Å². The van der Waals surface area contributed by atoms with Gasteiger partial charge in [0.15, 0.2) is 0 Å². The third-order valence-corrected chi connectivity index (χ3v) is 6.13. The van der Waals surface area contributed by atoms with Crippen LogP contribution in [0.15, 0.2) is 78.9 Å². The number of fused-ring (bicyclic) bond motifs is 1. The molecule has 0 aliphatic rings. The Kier molecular flexibility index (Phi) is 8.98. The highest BCUT2D eigenvalue weighted by atomic mass is 16.5. The molecule has 6 heteroatoms. The Morgan fingerprint density at radius 3 is 2.22 bits per heavy atom. The molecule has 6 nitrogen and oxygen atoms in total. The van der Waals surface area contributed by atoms with Crippen LogP contribution in [0.5, 0.6) is 5.75 Å². The van der Waals surface area contributed by atoms with Gasteiger partial charge >= 0.3 is 11.9 Å². The largest absolute Gasteiger partial charge is 0.489 e. The second-order valence-corrected chi connectivity index (χ2v) is 8.68. The van der Waals surface area contributed by atoms with Crippen LogP contribution in [0.2, 0.25) is 0 Å². The topological polar surface area (TPSA) is 66.8 Å². The minimum atomic E-state index is -0.366. The van der Waals surface area contributed by atoms with Gasteiger partial charge in [-0.2, -0.15) is 0 Å². The molecule has 1 heterocycles. The number of ether oxygens (including phenoxy) is 3. The van der Waals surface area contributed by atoms with E-state index in [1.54, 1.807) is 6.92 Å². The Labute approximate surface area is 217 Å². The lowest BCUT2D eigenvalue weighted by molar-refractivity contribution is -0.143. The number of rotatable bonds is 12. The fraction of sp³-hybridized carbons (Fsp3) is 0.290. The SMILES string of the molecule is CCOC(=O)CCCCn1c(C(=O)OCC)c(-c2ccccc2)c2cc(OCc3ccccc3)ccc21. The Morgan fingerprint density at radius 2 is 1.51 bits per heavy atom. The molecule has 0 saturated heterocycles. The molecule has 0 atom stereocenters. The highest BCUT2D eigenvalue weighted by Gasteiger charge is 2.25. The molecular weight excluding hydrogens is 466 g/mol. The summed E-state index contributed by atoms with van der Waals surface area (Å²) in [5, 5.41) is 0.921. The van der Waals surface area contributed by atoms with Gasteiger partial charge in [0.25, 0.3) is 0 Å². The van der Waals surface area contributed by atoms with Crippen molar-refractivity contribution < 1.29 is 23.8 Å². The standard InChI is InChI=1S/C31H33NO5/c1-3-35-28(33)17-11-12-20-32-27-19-18-25(37-22-23-13-7-5-8-14-23)21-26(27)29(24-15-9-6-10-16-24)30(32)31(34)36-4-2/h5-10,13-16,18-19,21H,3-4,11-12,17,20,22H2,1-2H3. The summed E-state index contributed by atoms with van der Waals surface area (Å²) >= 11 is 0. The first-order valence-corrected chi connectivity index (χ1v) is 12.8. The summed E-state index contributed by atoms with van der Waals surface area (Å²) in [6.07, 6.45) is 1.74. The Balaban J connectivity index is 1.73. The van der Waals surface area contributed by atoms with Crippen molar-refractivity contribution in [3.05, 3.63) is 90.1 Å². The van der Waals surface area contributed by atoms with Crippen molar-refractivity contribution in [2.24, 2.45) is 0 Å². The number of hydrogen-bond acceptors (Lipinski definition) is 5.